The summed E-state index contributed by atoms with van der Waals surface area (Å²) in [6.07, 6.45) is 0. The molecule has 3 aromatic rings. The van der Waals surface area contributed by atoms with Crippen molar-refractivity contribution in [3.05, 3.63) is 82.8 Å². The van der Waals surface area contributed by atoms with Gasteiger partial charge in [0.1, 0.15) is 17.3 Å². The number of nitrogens with one attached hydrogen (secondary N) is 2. The summed E-state index contributed by atoms with van der Waals surface area (Å²) in [6, 6.07) is 17.6. The molecular formula is C21H22N4O. The highest BCUT2D eigenvalue weighted by Gasteiger charge is 2.11. The summed E-state index contributed by atoms with van der Waals surface area (Å²) >= 11 is 0. The van der Waals surface area contributed by atoms with Crippen molar-refractivity contribution in [2.45, 2.75) is 27.3 Å². The first-order chi connectivity index (χ1) is 12.5. The van der Waals surface area contributed by atoms with E-state index in [1.165, 1.54) is 5.56 Å². The molecule has 0 unspecified atom stereocenters. The van der Waals surface area contributed by atoms with Gasteiger partial charge in [-0.15, -0.1) is 0 Å². The van der Waals surface area contributed by atoms with Crippen LogP contribution >= 0.6 is 0 Å². The van der Waals surface area contributed by atoms with E-state index in [2.05, 4.69) is 51.8 Å². The number of aromatic nitrogens is 2. The summed E-state index contributed by atoms with van der Waals surface area (Å²) in [5.74, 6) is 0.929. The summed E-state index contributed by atoms with van der Waals surface area (Å²) in [7, 11) is 0. The van der Waals surface area contributed by atoms with Crippen LogP contribution in [0, 0.1) is 20.8 Å². The molecule has 0 radical (unpaired) electrons. The van der Waals surface area contributed by atoms with Gasteiger partial charge in [-0.2, -0.15) is 0 Å². The standard InChI is InChI=1S/C21H22N4O/c1-14-4-8-17(9-5-14)13-22-20-12-19(23-16(3)24-20)21(26)25-18-10-6-15(2)7-11-18/h4-12H,13H2,1-3H3,(H,25,26)(H,22,23,24). The molecule has 0 atom stereocenters. The Hall–Kier alpha value is -3.21. The number of carbonyl (C=O) groups excluding carboxylic acids is 1. The maximum Gasteiger partial charge on any atom is 0.274 e. The molecule has 2 N–H and O–H groups in total. The van der Waals surface area contributed by atoms with Crippen molar-refractivity contribution in [3.63, 3.8) is 0 Å². The lowest BCUT2D eigenvalue weighted by atomic mass is 10.1. The lowest BCUT2D eigenvalue weighted by Gasteiger charge is -2.10. The first-order valence-corrected chi connectivity index (χ1v) is 8.53. The third-order valence-electron chi connectivity index (χ3n) is 3.97. The second-order valence-corrected chi connectivity index (χ2v) is 6.34. The fourth-order valence-corrected chi connectivity index (χ4v) is 2.51. The van der Waals surface area contributed by atoms with Crippen LogP contribution in [0.2, 0.25) is 0 Å². The van der Waals surface area contributed by atoms with Crippen LogP contribution in [0.1, 0.15) is 33.0 Å². The number of hydrogen-bond acceptors (Lipinski definition) is 4. The normalized spacial score (nSPS) is 10.4. The second kappa shape index (κ2) is 7.78. The van der Waals surface area contributed by atoms with E-state index >= 15 is 0 Å². The van der Waals surface area contributed by atoms with Crippen molar-refractivity contribution in [2.75, 3.05) is 10.6 Å². The number of rotatable bonds is 5. The summed E-state index contributed by atoms with van der Waals surface area (Å²) in [6.45, 7) is 6.48. The smallest absolute Gasteiger partial charge is 0.274 e. The number of hydrogen-bond donors (Lipinski definition) is 2. The fourth-order valence-electron chi connectivity index (χ4n) is 2.51. The summed E-state index contributed by atoms with van der Waals surface area (Å²) in [5.41, 5.74) is 4.60. The van der Waals surface area contributed by atoms with Crippen molar-refractivity contribution in [2.24, 2.45) is 0 Å². The van der Waals surface area contributed by atoms with E-state index < -0.39 is 0 Å². The van der Waals surface area contributed by atoms with Crippen LogP contribution < -0.4 is 10.6 Å². The first-order valence-electron chi connectivity index (χ1n) is 8.53. The Bertz CT molecular complexity index is 902. The Labute approximate surface area is 153 Å². The summed E-state index contributed by atoms with van der Waals surface area (Å²) in [5, 5.41) is 6.12. The minimum Gasteiger partial charge on any atom is -0.366 e. The molecule has 0 fully saturated rings. The van der Waals surface area contributed by atoms with Gasteiger partial charge in [0.05, 0.1) is 0 Å². The number of nitrogens with zero attached hydrogens (tertiary/aromatic N) is 2. The van der Waals surface area contributed by atoms with Gasteiger partial charge in [-0.1, -0.05) is 47.5 Å². The van der Waals surface area contributed by atoms with Gasteiger partial charge in [-0.3, -0.25) is 4.79 Å². The minimum absolute atomic E-state index is 0.252. The van der Waals surface area contributed by atoms with Crippen molar-refractivity contribution in [3.8, 4) is 0 Å². The van der Waals surface area contributed by atoms with Gasteiger partial charge in [0.2, 0.25) is 0 Å². The van der Waals surface area contributed by atoms with E-state index in [1.807, 2.05) is 31.2 Å². The molecule has 0 spiro atoms. The molecule has 0 aliphatic rings. The van der Waals surface area contributed by atoms with Gasteiger partial charge >= 0.3 is 0 Å². The molecule has 0 aliphatic carbocycles. The second-order valence-electron chi connectivity index (χ2n) is 6.34. The predicted molar refractivity (Wildman–Crippen MR) is 104 cm³/mol. The molecule has 0 aliphatic heterocycles. The highest BCUT2D eigenvalue weighted by atomic mass is 16.1. The molecule has 0 saturated heterocycles. The molecule has 0 saturated carbocycles. The van der Waals surface area contributed by atoms with Crippen LogP contribution in [-0.4, -0.2) is 15.9 Å². The zero-order chi connectivity index (χ0) is 18.5. The molecule has 26 heavy (non-hydrogen) atoms. The molecule has 0 bridgehead atoms. The van der Waals surface area contributed by atoms with E-state index in [4.69, 9.17) is 0 Å². The highest BCUT2D eigenvalue weighted by molar-refractivity contribution is 6.03. The Morgan fingerprint density at radius 2 is 1.50 bits per heavy atom. The predicted octanol–water partition coefficient (Wildman–Crippen LogP) is 4.27. The van der Waals surface area contributed by atoms with E-state index in [1.54, 1.807) is 13.0 Å². The Balaban J connectivity index is 1.71. The van der Waals surface area contributed by atoms with E-state index in [0.29, 0.717) is 23.9 Å². The van der Waals surface area contributed by atoms with Crippen molar-refractivity contribution in [1.29, 1.82) is 0 Å². The van der Waals surface area contributed by atoms with Crippen LogP contribution in [-0.2, 0) is 6.54 Å². The molecule has 5 nitrogen and oxygen atoms in total. The maximum absolute atomic E-state index is 12.5. The first kappa shape index (κ1) is 17.6. The number of aryl methyl sites for hydroxylation is 3. The molecule has 3 rings (SSSR count). The van der Waals surface area contributed by atoms with Gasteiger partial charge in [0.15, 0.2) is 0 Å². The third kappa shape index (κ3) is 4.66. The van der Waals surface area contributed by atoms with Gasteiger partial charge in [-0.25, -0.2) is 9.97 Å². The Morgan fingerprint density at radius 3 is 2.15 bits per heavy atom. The van der Waals surface area contributed by atoms with Gasteiger partial charge in [0.25, 0.3) is 5.91 Å². The SMILES string of the molecule is Cc1ccc(CNc2cc(C(=O)Nc3ccc(C)cc3)nc(C)n2)cc1. The van der Waals surface area contributed by atoms with E-state index in [0.717, 1.165) is 16.8 Å². The van der Waals surface area contributed by atoms with Crippen LogP contribution in [0.4, 0.5) is 11.5 Å². The van der Waals surface area contributed by atoms with E-state index in [9.17, 15) is 4.79 Å². The average Bonchev–Trinajstić information content (AvgIpc) is 2.63. The minimum atomic E-state index is -0.252. The zero-order valence-corrected chi connectivity index (χ0v) is 15.2. The Morgan fingerprint density at radius 1 is 0.885 bits per heavy atom. The average molecular weight is 346 g/mol. The molecule has 1 aromatic heterocycles. The topological polar surface area (TPSA) is 66.9 Å². The highest BCUT2D eigenvalue weighted by Crippen LogP contribution is 2.13. The molecule has 2 aromatic carbocycles. The fraction of sp³-hybridized carbons (Fsp3) is 0.190. The Kier molecular flexibility index (Phi) is 5.27. The molecule has 132 valence electrons. The van der Waals surface area contributed by atoms with Crippen molar-refractivity contribution < 1.29 is 4.79 Å². The summed E-state index contributed by atoms with van der Waals surface area (Å²) < 4.78 is 0. The van der Waals surface area contributed by atoms with Crippen LogP contribution in [0.15, 0.2) is 54.6 Å². The number of amides is 1. The third-order valence-corrected chi connectivity index (χ3v) is 3.97. The number of benzene rings is 2. The lowest BCUT2D eigenvalue weighted by Crippen LogP contribution is -2.15. The van der Waals surface area contributed by atoms with Crippen LogP contribution in [0.5, 0.6) is 0 Å². The van der Waals surface area contributed by atoms with Crippen LogP contribution in [0.25, 0.3) is 0 Å². The van der Waals surface area contributed by atoms with Crippen molar-refractivity contribution >= 4 is 17.4 Å². The molecular weight excluding hydrogens is 324 g/mol. The zero-order valence-electron chi connectivity index (χ0n) is 15.2. The lowest BCUT2D eigenvalue weighted by molar-refractivity contribution is 0.102. The quantitative estimate of drug-likeness (QED) is 0.724. The number of anilines is 2. The van der Waals surface area contributed by atoms with Crippen molar-refractivity contribution in [1.82, 2.24) is 9.97 Å². The largest absolute Gasteiger partial charge is 0.366 e. The van der Waals surface area contributed by atoms with Crippen LogP contribution in [0.3, 0.4) is 0 Å². The molecule has 1 amide bonds. The number of carbonyl (C=O) groups is 1. The molecule has 5 heteroatoms. The molecule has 1 heterocycles. The van der Waals surface area contributed by atoms with Gasteiger partial charge in [-0.05, 0) is 38.5 Å². The van der Waals surface area contributed by atoms with Gasteiger partial charge < -0.3 is 10.6 Å². The maximum atomic E-state index is 12.5. The van der Waals surface area contributed by atoms with E-state index in [-0.39, 0.29) is 5.91 Å². The summed E-state index contributed by atoms with van der Waals surface area (Å²) in [4.78, 5) is 21.1. The van der Waals surface area contributed by atoms with Gasteiger partial charge in [0, 0.05) is 18.3 Å². The monoisotopic (exact) mass is 346 g/mol.